The van der Waals surface area contributed by atoms with Gasteiger partial charge in [0, 0.05) is 11.6 Å². The number of halogens is 4. The van der Waals surface area contributed by atoms with Gasteiger partial charge in [0.05, 0.1) is 17.7 Å². The van der Waals surface area contributed by atoms with E-state index in [0.29, 0.717) is 5.56 Å². The Kier molecular flexibility index (Phi) is 5.16. The molecule has 3 rings (SSSR count). The molecule has 2 amide bonds. The minimum Gasteiger partial charge on any atom is -0.326 e. The summed E-state index contributed by atoms with van der Waals surface area (Å²) in [6.45, 7) is 0. The van der Waals surface area contributed by atoms with E-state index in [1.165, 1.54) is 24.3 Å². The number of hydrogen-bond donors (Lipinski definition) is 2. The Labute approximate surface area is 152 Å². The molecule has 2 N–H and O–H groups in total. The van der Waals surface area contributed by atoms with Gasteiger partial charge in [0.1, 0.15) is 5.82 Å². The summed E-state index contributed by atoms with van der Waals surface area (Å²) in [5.41, 5.74) is -1.13. The second-order valence-corrected chi connectivity index (χ2v) is 6.38. The van der Waals surface area contributed by atoms with Crippen LogP contribution in [0.1, 0.15) is 24.0 Å². The molecule has 1 saturated carbocycles. The average Bonchev–Trinajstić information content (AvgIpc) is 3.40. The van der Waals surface area contributed by atoms with E-state index >= 15 is 0 Å². The first-order valence-corrected chi connectivity index (χ1v) is 8.29. The molecule has 0 unspecified atom stereocenters. The van der Waals surface area contributed by atoms with Gasteiger partial charge in [-0.05, 0) is 48.7 Å². The molecule has 0 atom stereocenters. The number of anilines is 2. The topological polar surface area (TPSA) is 58.2 Å². The molecular weight excluding hydrogens is 364 g/mol. The number of rotatable bonds is 5. The van der Waals surface area contributed by atoms with Gasteiger partial charge in [-0.1, -0.05) is 12.1 Å². The van der Waals surface area contributed by atoms with E-state index in [-0.39, 0.29) is 23.9 Å². The number of alkyl halides is 3. The summed E-state index contributed by atoms with van der Waals surface area (Å²) >= 11 is 0. The second kappa shape index (κ2) is 7.38. The van der Waals surface area contributed by atoms with E-state index in [9.17, 15) is 27.2 Å². The lowest BCUT2D eigenvalue weighted by atomic mass is 10.1. The van der Waals surface area contributed by atoms with Crippen LogP contribution < -0.4 is 10.6 Å². The largest absolute Gasteiger partial charge is 0.418 e. The lowest BCUT2D eigenvalue weighted by molar-refractivity contribution is -0.137. The standard InChI is InChI=1S/C19H16F4N2O2/c20-13-3-1-2-11(8-13)9-17(26)25-16-7-6-14(10-15(16)19(21,22)23)24-18(27)12-4-5-12/h1-3,6-8,10,12H,4-5,9H2,(H,24,27)(H,25,26). The SMILES string of the molecule is O=C(Cc1cccc(F)c1)Nc1ccc(NC(=O)C2CC2)cc1C(F)(F)F. The summed E-state index contributed by atoms with van der Waals surface area (Å²) in [6, 6.07) is 8.44. The quantitative estimate of drug-likeness (QED) is 0.757. The van der Waals surface area contributed by atoms with Crippen LogP contribution in [-0.2, 0) is 22.2 Å². The van der Waals surface area contributed by atoms with E-state index in [1.807, 2.05) is 0 Å². The summed E-state index contributed by atoms with van der Waals surface area (Å²) in [6.07, 6.45) is -3.53. The number of amides is 2. The van der Waals surface area contributed by atoms with Crippen molar-refractivity contribution < 1.29 is 27.2 Å². The Morgan fingerprint density at radius 2 is 1.78 bits per heavy atom. The Balaban J connectivity index is 1.76. The zero-order valence-corrected chi connectivity index (χ0v) is 14.1. The van der Waals surface area contributed by atoms with Gasteiger partial charge in [0.2, 0.25) is 11.8 Å². The van der Waals surface area contributed by atoms with Gasteiger partial charge in [0.15, 0.2) is 0 Å². The van der Waals surface area contributed by atoms with E-state index < -0.39 is 29.2 Å². The molecular formula is C19H16F4N2O2. The Morgan fingerprint density at radius 1 is 1.04 bits per heavy atom. The van der Waals surface area contributed by atoms with Crippen molar-refractivity contribution in [3.63, 3.8) is 0 Å². The minimum atomic E-state index is -4.72. The van der Waals surface area contributed by atoms with Crippen LogP contribution >= 0.6 is 0 Å². The fourth-order valence-electron chi connectivity index (χ4n) is 2.58. The fraction of sp³-hybridized carbons (Fsp3) is 0.263. The van der Waals surface area contributed by atoms with Crippen molar-refractivity contribution in [1.29, 1.82) is 0 Å². The Hall–Kier alpha value is -2.90. The summed E-state index contributed by atoms with van der Waals surface area (Å²) < 4.78 is 53.2. The monoisotopic (exact) mass is 380 g/mol. The molecule has 8 heteroatoms. The van der Waals surface area contributed by atoms with Crippen molar-refractivity contribution in [3.8, 4) is 0 Å². The number of benzene rings is 2. The van der Waals surface area contributed by atoms with Gasteiger partial charge in [-0.15, -0.1) is 0 Å². The van der Waals surface area contributed by atoms with Crippen molar-refractivity contribution in [2.24, 2.45) is 5.92 Å². The van der Waals surface area contributed by atoms with Crippen LogP contribution in [0.3, 0.4) is 0 Å². The molecule has 27 heavy (non-hydrogen) atoms. The molecule has 0 aromatic heterocycles. The third-order valence-corrected chi connectivity index (χ3v) is 4.07. The van der Waals surface area contributed by atoms with Crippen molar-refractivity contribution in [2.75, 3.05) is 10.6 Å². The number of carbonyl (C=O) groups is 2. The van der Waals surface area contributed by atoms with Crippen LogP contribution in [0, 0.1) is 11.7 Å². The fourth-order valence-corrected chi connectivity index (χ4v) is 2.58. The van der Waals surface area contributed by atoms with Crippen LogP contribution in [0.25, 0.3) is 0 Å². The normalized spacial score (nSPS) is 13.9. The van der Waals surface area contributed by atoms with E-state index in [4.69, 9.17) is 0 Å². The molecule has 2 aromatic carbocycles. The van der Waals surface area contributed by atoms with Gasteiger partial charge in [0.25, 0.3) is 0 Å². The molecule has 0 saturated heterocycles. The summed E-state index contributed by atoms with van der Waals surface area (Å²) in [5, 5.41) is 4.66. The molecule has 1 fully saturated rings. The predicted octanol–water partition coefficient (Wildman–Crippen LogP) is 4.37. The van der Waals surface area contributed by atoms with Crippen LogP contribution in [0.2, 0.25) is 0 Å². The van der Waals surface area contributed by atoms with Crippen molar-refractivity contribution in [3.05, 3.63) is 59.4 Å². The second-order valence-electron chi connectivity index (χ2n) is 6.38. The molecule has 0 spiro atoms. The molecule has 2 aromatic rings. The smallest absolute Gasteiger partial charge is 0.326 e. The van der Waals surface area contributed by atoms with Crippen LogP contribution in [-0.4, -0.2) is 11.8 Å². The van der Waals surface area contributed by atoms with Crippen LogP contribution in [0.15, 0.2) is 42.5 Å². The molecule has 0 heterocycles. The third kappa shape index (κ3) is 5.06. The summed E-state index contributed by atoms with van der Waals surface area (Å²) in [7, 11) is 0. The average molecular weight is 380 g/mol. The molecule has 0 bridgehead atoms. The van der Waals surface area contributed by atoms with Gasteiger partial charge in [-0.25, -0.2) is 4.39 Å². The third-order valence-electron chi connectivity index (χ3n) is 4.07. The molecule has 1 aliphatic carbocycles. The van der Waals surface area contributed by atoms with E-state index in [2.05, 4.69) is 10.6 Å². The van der Waals surface area contributed by atoms with Crippen LogP contribution in [0.5, 0.6) is 0 Å². The highest BCUT2D eigenvalue weighted by Gasteiger charge is 2.35. The molecule has 1 aliphatic rings. The lowest BCUT2D eigenvalue weighted by Gasteiger charge is -2.16. The number of hydrogen-bond acceptors (Lipinski definition) is 2. The maximum absolute atomic E-state index is 13.4. The summed E-state index contributed by atoms with van der Waals surface area (Å²) in [4.78, 5) is 23.8. The van der Waals surface area contributed by atoms with E-state index in [1.54, 1.807) is 0 Å². The lowest BCUT2D eigenvalue weighted by Crippen LogP contribution is -2.19. The predicted molar refractivity (Wildman–Crippen MR) is 91.5 cm³/mol. The molecule has 4 nitrogen and oxygen atoms in total. The first kappa shape index (κ1) is 18.9. The number of carbonyl (C=O) groups excluding carboxylic acids is 2. The van der Waals surface area contributed by atoms with Gasteiger partial charge in [-0.2, -0.15) is 13.2 Å². The highest BCUT2D eigenvalue weighted by atomic mass is 19.4. The van der Waals surface area contributed by atoms with Crippen LogP contribution in [0.4, 0.5) is 28.9 Å². The maximum Gasteiger partial charge on any atom is 0.418 e. The first-order chi connectivity index (χ1) is 12.7. The molecule has 142 valence electrons. The maximum atomic E-state index is 13.4. The highest BCUT2D eigenvalue weighted by Crippen LogP contribution is 2.37. The molecule has 0 aliphatic heterocycles. The zero-order valence-electron chi connectivity index (χ0n) is 14.1. The first-order valence-electron chi connectivity index (χ1n) is 8.29. The Bertz CT molecular complexity index is 876. The van der Waals surface area contributed by atoms with Crippen molar-refractivity contribution >= 4 is 23.2 Å². The van der Waals surface area contributed by atoms with Gasteiger partial charge < -0.3 is 10.6 Å². The van der Waals surface area contributed by atoms with Gasteiger partial charge >= 0.3 is 6.18 Å². The van der Waals surface area contributed by atoms with E-state index in [0.717, 1.165) is 31.0 Å². The molecule has 0 radical (unpaired) electrons. The zero-order chi connectivity index (χ0) is 19.6. The van der Waals surface area contributed by atoms with Crippen molar-refractivity contribution in [2.45, 2.75) is 25.4 Å². The number of nitrogens with one attached hydrogen (secondary N) is 2. The van der Waals surface area contributed by atoms with Crippen molar-refractivity contribution in [1.82, 2.24) is 0 Å². The highest BCUT2D eigenvalue weighted by molar-refractivity contribution is 5.96. The van der Waals surface area contributed by atoms with Gasteiger partial charge in [-0.3, -0.25) is 9.59 Å². The Morgan fingerprint density at radius 3 is 2.41 bits per heavy atom. The summed E-state index contributed by atoms with van der Waals surface area (Å²) in [5.74, 6) is -1.70. The minimum absolute atomic E-state index is 0.0161.